The Hall–Kier alpha value is -3.56. The number of nitro benzene ring substituents is 3. The van der Waals surface area contributed by atoms with E-state index in [1.165, 1.54) is 18.2 Å². The normalized spacial score (nSPS) is 10.0. The van der Waals surface area contributed by atoms with Gasteiger partial charge in [0, 0.05) is 12.1 Å². The molecule has 0 amide bonds. The molecular formula is C12H7N3O7. The second kappa shape index (κ2) is 5.83. The Morgan fingerprint density at radius 1 is 0.773 bits per heavy atom. The summed E-state index contributed by atoms with van der Waals surface area (Å²) in [7, 11) is 0. The number of benzene rings is 2. The average Bonchev–Trinajstić information content (AvgIpc) is 2.47. The van der Waals surface area contributed by atoms with Gasteiger partial charge in [-0.05, 0) is 12.1 Å². The van der Waals surface area contributed by atoms with E-state index in [1.807, 2.05) is 0 Å². The summed E-state index contributed by atoms with van der Waals surface area (Å²) in [6.45, 7) is 0. The van der Waals surface area contributed by atoms with Gasteiger partial charge >= 0.3 is 5.69 Å². The summed E-state index contributed by atoms with van der Waals surface area (Å²) in [6.07, 6.45) is 0. The van der Waals surface area contributed by atoms with Crippen molar-refractivity contribution in [1.29, 1.82) is 0 Å². The van der Waals surface area contributed by atoms with Crippen LogP contribution in [-0.2, 0) is 0 Å². The summed E-state index contributed by atoms with van der Waals surface area (Å²) in [5, 5.41) is 32.3. The van der Waals surface area contributed by atoms with Crippen molar-refractivity contribution in [2.45, 2.75) is 0 Å². The third-order valence-corrected chi connectivity index (χ3v) is 2.61. The summed E-state index contributed by atoms with van der Waals surface area (Å²) in [5.41, 5.74) is -1.32. The van der Waals surface area contributed by atoms with Gasteiger partial charge in [-0.3, -0.25) is 30.3 Å². The molecule has 0 aliphatic rings. The van der Waals surface area contributed by atoms with Crippen molar-refractivity contribution < 1.29 is 19.5 Å². The van der Waals surface area contributed by atoms with Crippen molar-refractivity contribution in [3.8, 4) is 11.5 Å². The zero-order chi connectivity index (χ0) is 16.3. The van der Waals surface area contributed by atoms with E-state index < -0.39 is 26.1 Å². The quantitative estimate of drug-likeness (QED) is 0.610. The van der Waals surface area contributed by atoms with E-state index in [2.05, 4.69) is 0 Å². The summed E-state index contributed by atoms with van der Waals surface area (Å²) < 4.78 is 5.23. The summed E-state index contributed by atoms with van der Waals surface area (Å²) in [4.78, 5) is 30.0. The average molecular weight is 305 g/mol. The highest BCUT2D eigenvalue weighted by atomic mass is 16.6. The molecule has 0 spiro atoms. The van der Waals surface area contributed by atoms with Gasteiger partial charge in [0.1, 0.15) is 5.75 Å². The van der Waals surface area contributed by atoms with E-state index in [-0.39, 0.29) is 17.2 Å². The molecule has 0 saturated heterocycles. The predicted molar refractivity (Wildman–Crippen MR) is 72.9 cm³/mol. The van der Waals surface area contributed by atoms with Gasteiger partial charge in [0.25, 0.3) is 11.4 Å². The Labute approximate surface area is 122 Å². The molecule has 0 fully saturated rings. The largest absolute Gasteiger partial charge is 0.450 e. The van der Waals surface area contributed by atoms with Gasteiger partial charge in [0.05, 0.1) is 26.9 Å². The lowest BCUT2D eigenvalue weighted by molar-refractivity contribution is -0.394. The zero-order valence-electron chi connectivity index (χ0n) is 10.7. The number of hydrogen-bond donors (Lipinski definition) is 0. The lowest BCUT2D eigenvalue weighted by Crippen LogP contribution is -1.96. The highest BCUT2D eigenvalue weighted by Crippen LogP contribution is 2.35. The van der Waals surface area contributed by atoms with Crippen LogP contribution in [0.2, 0.25) is 0 Å². The van der Waals surface area contributed by atoms with Crippen molar-refractivity contribution in [2.24, 2.45) is 0 Å². The van der Waals surface area contributed by atoms with Gasteiger partial charge < -0.3 is 4.74 Å². The highest BCUT2D eigenvalue weighted by molar-refractivity contribution is 5.55. The molecule has 0 saturated carbocycles. The van der Waals surface area contributed by atoms with Crippen molar-refractivity contribution in [3.63, 3.8) is 0 Å². The van der Waals surface area contributed by atoms with Crippen LogP contribution in [0, 0.1) is 30.3 Å². The number of rotatable bonds is 5. The molecule has 0 atom stereocenters. The van der Waals surface area contributed by atoms with Gasteiger partial charge in [-0.2, -0.15) is 0 Å². The van der Waals surface area contributed by atoms with Crippen molar-refractivity contribution >= 4 is 17.1 Å². The first kappa shape index (κ1) is 14.8. The molecule has 0 aliphatic carbocycles. The van der Waals surface area contributed by atoms with Crippen LogP contribution in [-0.4, -0.2) is 14.8 Å². The van der Waals surface area contributed by atoms with Crippen LogP contribution in [0.3, 0.4) is 0 Å². The molecule has 0 unspecified atom stereocenters. The molecule has 10 nitrogen and oxygen atoms in total. The van der Waals surface area contributed by atoms with Crippen LogP contribution in [0.15, 0.2) is 42.5 Å². The molecular weight excluding hydrogens is 298 g/mol. The van der Waals surface area contributed by atoms with E-state index in [0.29, 0.717) is 0 Å². The number of ether oxygens (including phenoxy) is 1. The molecule has 0 aromatic heterocycles. The molecule has 10 heteroatoms. The second-order valence-electron chi connectivity index (χ2n) is 4.02. The Morgan fingerprint density at radius 3 is 2.00 bits per heavy atom. The monoisotopic (exact) mass is 305 g/mol. The van der Waals surface area contributed by atoms with Crippen LogP contribution in [0.4, 0.5) is 17.1 Å². The molecule has 0 aliphatic heterocycles. The van der Waals surface area contributed by atoms with Crippen molar-refractivity contribution in [3.05, 3.63) is 72.8 Å². The summed E-state index contributed by atoms with van der Waals surface area (Å²) in [6, 6.07) is 7.91. The Kier molecular flexibility index (Phi) is 3.93. The van der Waals surface area contributed by atoms with E-state index >= 15 is 0 Å². The molecule has 0 N–H and O–H groups in total. The first-order valence-corrected chi connectivity index (χ1v) is 5.73. The fourth-order valence-corrected chi connectivity index (χ4v) is 1.64. The maximum atomic E-state index is 11.0. The van der Waals surface area contributed by atoms with Crippen LogP contribution < -0.4 is 4.74 Å². The van der Waals surface area contributed by atoms with Crippen LogP contribution in [0.1, 0.15) is 0 Å². The van der Waals surface area contributed by atoms with Gasteiger partial charge in [-0.25, -0.2) is 0 Å². The Bertz CT molecular complexity index is 775. The standard InChI is InChI=1S/C12H7N3O7/c16-13(17)8-2-1-3-10(6-8)22-12-5-4-9(14(18)19)7-11(12)15(20)21/h1-7H. The fraction of sp³-hybridized carbons (Fsp3) is 0. The Balaban J connectivity index is 2.41. The fourth-order valence-electron chi connectivity index (χ4n) is 1.64. The molecule has 2 rings (SSSR count). The molecule has 0 bridgehead atoms. The van der Waals surface area contributed by atoms with Gasteiger partial charge in [-0.1, -0.05) is 6.07 Å². The van der Waals surface area contributed by atoms with Crippen molar-refractivity contribution in [2.75, 3.05) is 0 Å². The number of non-ortho nitro benzene ring substituents is 2. The summed E-state index contributed by atoms with van der Waals surface area (Å²) >= 11 is 0. The minimum Gasteiger partial charge on any atom is -0.450 e. The van der Waals surface area contributed by atoms with Crippen molar-refractivity contribution in [1.82, 2.24) is 0 Å². The maximum absolute atomic E-state index is 11.0. The lowest BCUT2D eigenvalue weighted by atomic mass is 10.2. The smallest absolute Gasteiger partial charge is 0.318 e. The predicted octanol–water partition coefficient (Wildman–Crippen LogP) is 3.20. The SMILES string of the molecule is O=[N+]([O-])c1cccc(Oc2ccc([N+](=O)[O-])cc2[N+](=O)[O-])c1. The van der Waals surface area contributed by atoms with Crippen LogP contribution in [0.25, 0.3) is 0 Å². The molecule has 2 aromatic rings. The number of nitro groups is 3. The number of nitrogens with zero attached hydrogens (tertiary/aromatic N) is 3. The summed E-state index contributed by atoms with van der Waals surface area (Å²) in [5.74, 6) is -0.248. The van der Waals surface area contributed by atoms with Gasteiger partial charge in [0.2, 0.25) is 5.75 Å². The molecule has 0 radical (unpaired) electrons. The van der Waals surface area contributed by atoms with E-state index in [0.717, 1.165) is 24.3 Å². The highest BCUT2D eigenvalue weighted by Gasteiger charge is 2.21. The van der Waals surface area contributed by atoms with Gasteiger partial charge in [-0.15, -0.1) is 0 Å². The second-order valence-corrected chi connectivity index (χ2v) is 4.02. The van der Waals surface area contributed by atoms with E-state index in [9.17, 15) is 30.3 Å². The zero-order valence-corrected chi connectivity index (χ0v) is 10.7. The van der Waals surface area contributed by atoms with Gasteiger partial charge in [0.15, 0.2) is 0 Å². The minimum atomic E-state index is -0.834. The maximum Gasteiger partial charge on any atom is 0.318 e. The molecule has 2 aromatic carbocycles. The van der Waals surface area contributed by atoms with E-state index in [4.69, 9.17) is 4.74 Å². The minimum absolute atomic E-state index is 0.00570. The van der Waals surface area contributed by atoms with Crippen LogP contribution >= 0.6 is 0 Å². The third kappa shape index (κ3) is 3.12. The topological polar surface area (TPSA) is 139 Å². The molecule has 22 heavy (non-hydrogen) atoms. The Morgan fingerprint density at radius 2 is 1.41 bits per heavy atom. The molecule has 112 valence electrons. The third-order valence-electron chi connectivity index (χ3n) is 2.61. The van der Waals surface area contributed by atoms with E-state index in [1.54, 1.807) is 0 Å². The first-order valence-electron chi connectivity index (χ1n) is 5.73. The number of hydrogen-bond acceptors (Lipinski definition) is 7. The first-order chi connectivity index (χ1) is 10.4. The molecule has 0 heterocycles. The van der Waals surface area contributed by atoms with Crippen LogP contribution in [0.5, 0.6) is 11.5 Å². The lowest BCUT2D eigenvalue weighted by Gasteiger charge is -2.06.